The molecule has 2 N–H and O–H groups in total. The van der Waals surface area contributed by atoms with Gasteiger partial charge in [-0.3, -0.25) is 9.80 Å². The van der Waals surface area contributed by atoms with Crippen LogP contribution < -0.4 is 0 Å². The lowest BCUT2D eigenvalue weighted by Crippen LogP contribution is -2.71. The molecule has 2 aromatic carbocycles. The van der Waals surface area contributed by atoms with Crippen LogP contribution in [0.5, 0.6) is 5.75 Å². The highest BCUT2D eigenvalue weighted by Crippen LogP contribution is 2.56. The predicted octanol–water partition coefficient (Wildman–Crippen LogP) is 3.70. The van der Waals surface area contributed by atoms with Gasteiger partial charge in [-0.1, -0.05) is 36.4 Å². The average Bonchev–Trinajstić information content (AvgIpc) is 3.60. The van der Waals surface area contributed by atoms with Gasteiger partial charge in [-0.05, 0) is 86.4 Å². The van der Waals surface area contributed by atoms with Gasteiger partial charge in [0.2, 0.25) is 0 Å². The molecular weight excluding hydrogens is 384 g/mol. The van der Waals surface area contributed by atoms with E-state index in [1.807, 2.05) is 12.1 Å². The van der Waals surface area contributed by atoms with Crippen LogP contribution in [0.3, 0.4) is 0 Å². The molecule has 4 heteroatoms. The lowest BCUT2D eigenvalue weighted by molar-refractivity contribution is -0.149. The highest BCUT2D eigenvalue weighted by atomic mass is 16.3. The van der Waals surface area contributed by atoms with E-state index < -0.39 is 5.60 Å². The van der Waals surface area contributed by atoms with E-state index in [2.05, 4.69) is 46.2 Å². The Morgan fingerprint density at radius 2 is 1.71 bits per heavy atom. The minimum Gasteiger partial charge on any atom is -0.508 e. The Hall–Kier alpha value is -1.88. The third-order valence-corrected chi connectivity index (χ3v) is 8.77. The molecule has 4 aliphatic rings. The molecule has 2 aromatic rings. The van der Waals surface area contributed by atoms with E-state index in [9.17, 15) is 10.2 Å². The van der Waals surface area contributed by atoms with Crippen LogP contribution in [0.15, 0.2) is 48.5 Å². The Morgan fingerprint density at radius 3 is 2.52 bits per heavy atom. The van der Waals surface area contributed by atoms with E-state index in [-0.39, 0.29) is 11.5 Å². The van der Waals surface area contributed by atoms with Crippen LogP contribution in [0.4, 0.5) is 0 Å². The van der Waals surface area contributed by atoms with Crippen molar-refractivity contribution in [3.05, 3.63) is 65.2 Å². The van der Waals surface area contributed by atoms with Crippen LogP contribution in [-0.4, -0.2) is 57.8 Å². The van der Waals surface area contributed by atoms with Crippen molar-refractivity contribution in [3.63, 3.8) is 0 Å². The van der Waals surface area contributed by atoms with Crippen LogP contribution in [0.1, 0.15) is 48.8 Å². The van der Waals surface area contributed by atoms with E-state index in [0.717, 1.165) is 64.3 Å². The van der Waals surface area contributed by atoms with Gasteiger partial charge in [-0.2, -0.15) is 0 Å². The van der Waals surface area contributed by atoms with Gasteiger partial charge < -0.3 is 10.2 Å². The molecule has 2 heterocycles. The molecule has 0 aromatic heterocycles. The number of likely N-dealkylation sites (tertiary alicyclic amines) is 2. The number of aliphatic hydroxyl groups is 1. The fourth-order valence-electron chi connectivity index (χ4n) is 6.91. The number of fused-ring (bicyclic) bond motifs is 1. The molecule has 0 amide bonds. The summed E-state index contributed by atoms with van der Waals surface area (Å²) >= 11 is 0. The molecule has 0 radical (unpaired) electrons. The van der Waals surface area contributed by atoms with Crippen LogP contribution in [-0.2, 0) is 18.4 Å². The quantitative estimate of drug-likeness (QED) is 0.795. The lowest BCUT2D eigenvalue weighted by Gasteiger charge is -2.61. The second-order valence-corrected chi connectivity index (χ2v) is 10.5. The molecule has 4 nitrogen and oxygen atoms in total. The summed E-state index contributed by atoms with van der Waals surface area (Å²) in [7, 11) is 0. The van der Waals surface area contributed by atoms with E-state index in [4.69, 9.17) is 0 Å². The Bertz CT molecular complexity index is 959. The summed E-state index contributed by atoms with van der Waals surface area (Å²) < 4.78 is 0. The smallest absolute Gasteiger partial charge is 0.115 e. The van der Waals surface area contributed by atoms with E-state index >= 15 is 0 Å². The first kappa shape index (κ1) is 19.8. The molecule has 2 aliphatic carbocycles. The Balaban J connectivity index is 1.37. The molecule has 3 unspecified atom stereocenters. The Kier molecular flexibility index (Phi) is 4.68. The number of benzene rings is 2. The maximum absolute atomic E-state index is 12.5. The Labute approximate surface area is 185 Å². The second kappa shape index (κ2) is 7.33. The first-order chi connectivity index (χ1) is 15.1. The first-order valence-corrected chi connectivity index (χ1v) is 12.1. The minimum absolute atomic E-state index is 0.190. The van der Waals surface area contributed by atoms with Crippen molar-refractivity contribution in [2.24, 2.45) is 5.92 Å². The van der Waals surface area contributed by atoms with Crippen molar-refractivity contribution in [1.82, 2.24) is 9.80 Å². The fraction of sp³-hybridized carbons (Fsp3) is 0.556. The summed E-state index contributed by atoms with van der Waals surface area (Å²) in [4.78, 5) is 5.15. The predicted molar refractivity (Wildman–Crippen MR) is 122 cm³/mol. The third kappa shape index (κ3) is 3.23. The standard InChI is InChI=1S/C27H34N2O2/c30-23-9-8-22-16-25-27(31)12-14-28(18-20-4-2-1-3-5-20)13-10-26(27,24(22)17-23)11-15-29(25)19-21-6-7-21/h1-5,8-9,17,21,25,30-31H,6-7,10-16,18-19H2. The summed E-state index contributed by atoms with van der Waals surface area (Å²) in [5, 5.41) is 22.9. The monoisotopic (exact) mass is 418 g/mol. The van der Waals surface area contributed by atoms with Crippen molar-refractivity contribution in [3.8, 4) is 5.75 Å². The number of piperidine rings is 1. The van der Waals surface area contributed by atoms with Gasteiger partial charge in [0.25, 0.3) is 0 Å². The zero-order valence-electron chi connectivity index (χ0n) is 18.3. The average molecular weight is 419 g/mol. The molecule has 3 atom stereocenters. The minimum atomic E-state index is -0.730. The van der Waals surface area contributed by atoms with Gasteiger partial charge in [-0.25, -0.2) is 0 Å². The summed E-state index contributed by atoms with van der Waals surface area (Å²) in [6, 6.07) is 16.8. The number of nitrogens with zero attached hydrogens (tertiary/aromatic N) is 2. The molecule has 2 aliphatic heterocycles. The molecule has 3 fully saturated rings. The number of aromatic hydroxyl groups is 1. The maximum Gasteiger partial charge on any atom is 0.115 e. The molecule has 0 spiro atoms. The topological polar surface area (TPSA) is 46.9 Å². The largest absolute Gasteiger partial charge is 0.508 e. The van der Waals surface area contributed by atoms with Gasteiger partial charge >= 0.3 is 0 Å². The van der Waals surface area contributed by atoms with Crippen molar-refractivity contribution < 1.29 is 10.2 Å². The number of rotatable bonds is 4. The van der Waals surface area contributed by atoms with Crippen molar-refractivity contribution in [2.75, 3.05) is 26.2 Å². The number of hydrogen-bond acceptors (Lipinski definition) is 4. The van der Waals surface area contributed by atoms with Crippen LogP contribution >= 0.6 is 0 Å². The van der Waals surface area contributed by atoms with Gasteiger partial charge in [0.1, 0.15) is 5.75 Å². The van der Waals surface area contributed by atoms with Crippen LogP contribution in [0.25, 0.3) is 0 Å². The van der Waals surface area contributed by atoms with Crippen LogP contribution in [0.2, 0.25) is 0 Å². The Morgan fingerprint density at radius 1 is 0.935 bits per heavy atom. The molecule has 2 saturated heterocycles. The molecule has 2 bridgehead atoms. The van der Waals surface area contributed by atoms with Gasteiger partial charge in [-0.15, -0.1) is 0 Å². The summed E-state index contributed by atoms with van der Waals surface area (Å²) in [6.07, 6.45) is 6.35. The van der Waals surface area contributed by atoms with E-state index in [0.29, 0.717) is 5.75 Å². The first-order valence-electron chi connectivity index (χ1n) is 12.1. The van der Waals surface area contributed by atoms with E-state index in [1.54, 1.807) is 0 Å². The molecule has 1 saturated carbocycles. The van der Waals surface area contributed by atoms with Gasteiger partial charge in [0.15, 0.2) is 0 Å². The highest BCUT2D eigenvalue weighted by Gasteiger charge is 2.63. The normalized spacial score (nSPS) is 33.4. The summed E-state index contributed by atoms with van der Waals surface area (Å²) in [5.74, 6) is 1.16. The molecule has 164 valence electrons. The van der Waals surface area contributed by atoms with Crippen molar-refractivity contribution in [2.45, 2.75) is 62.1 Å². The molecule has 31 heavy (non-hydrogen) atoms. The molecule has 6 rings (SSSR count). The maximum atomic E-state index is 12.5. The zero-order chi connectivity index (χ0) is 21.1. The lowest BCUT2D eigenvalue weighted by atomic mass is 9.52. The van der Waals surface area contributed by atoms with Crippen molar-refractivity contribution >= 4 is 0 Å². The third-order valence-electron chi connectivity index (χ3n) is 8.77. The van der Waals surface area contributed by atoms with E-state index in [1.165, 1.54) is 29.5 Å². The molecular formula is C27H34N2O2. The van der Waals surface area contributed by atoms with Crippen LogP contribution in [0, 0.1) is 5.92 Å². The van der Waals surface area contributed by atoms with Crippen molar-refractivity contribution in [1.29, 1.82) is 0 Å². The fourth-order valence-corrected chi connectivity index (χ4v) is 6.91. The SMILES string of the molecule is Oc1ccc2c(c1)C13CCN(Cc4ccccc4)CCC1(O)C(C2)N(CC1CC1)CC3. The number of phenols is 1. The highest BCUT2D eigenvalue weighted by molar-refractivity contribution is 5.48. The summed E-state index contributed by atoms with van der Waals surface area (Å²) in [5.41, 5.74) is 2.92. The number of hydrogen-bond donors (Lipinski definition) is 2. The van der Waals surface area contributed by atoms with Gasteiger partial charge in [0, 0.05) is 31.1 Å². The van der Waals surface area contributed by atoms with Gasteiger partial charge in [0.05, 0.1) is 5.60 Å². The second-order valence-electron chi connectivity index (χ2n) is 10.5. The summed E-state index contributed by atoms with van der Waals surface area (Å²) in [6.45, 7) is 5.06. The number of phenolic OH excluding ortho intramolecular Hbond substituents is 1. The zero-order valence-corrected chi connectivity index (χ0v) is 18.3.